The Bertz CT molecular complexity index is 233. The molecule has 0 amide bonds. The number of hydrogen-bond acceptors (Lipinski definition) is 0. The summed E-state index contributed by atoms with van der Waals surface area (Å²) in [5.41, 5.74) is 0.936. The van der Waals surface area contributed by atoms with Gasteiger partial charge >= 0.3 is 5.54 Å². The summed E-state index contributed by atoms with van der Waals surface area (Å²) in [4.78, 5) is 0. The van der Waals surface area contributed by atoms with E-state index in [9.17, 15) is 0 Å². The van der Waals surface area contributed by atoms with Crippen molar-refractivity contribution in [2.75, 3.05) is 0 Å². The van der Waals surface area contributed by atoms with Crippen LogP contribution in [0.25, 0.3) is 0 Å². The first-order valence-corrected chi connectivity index (χ1v) is 4.96. The van der Waals surface area contributed by atoms with Crippen LogP contribution >= 0.6 is 34.5 Å². The van der Waals surface area contributed by atoms with Crippen molar-refractivity contribution in [3.63, 3.8) is 0 Å². The lowest BCUT2D eigenvalue weighted by Gasteiger charge is -1.99. The van der Waals surface area contributed by atoms with Crippen molar-refractivity contribution in [2.24, 2.45) is 0 Å². The van der Waals surface area contributed by atoms with Crippen LogP contribution in [0.1, 0.15) is 5.56 Å². The van der Waals surface area contributed by atoms with Gasteiger partial charge in [-0.25, -0.2) is 0 Å². The number of aryl methyl sites for hydroxylation is 1. The van der Waals surface area contributed by atoms with E-state index in [2.05, 4.69) is 0 Å². The standard InChI is InChI=1S/C8H8BCl3/c10-8-3-1-7(2-4-8)5-6-9(11)12/h1-4H,5-6H2. The molecule has 0 fully saturated rings. The summed E-state index contributed by atoms with van der Waals surface area (Å²) in [5, 5.41) is 0.757. The molecule has 0 bridgehead atoms. The number of rotatable bonds is 3. The Morgan fingerprint density at radius 3 is 2.17 bits per heavy atom. The molecule has 0 heterocycles. The van der Waals surface area contributed by atoms with Gasteiger partial charge in [-0.1, -0.05) is 23.7 Å². The average Bonchev–Trinajstić information content (AvgIpc) is 2.03. The highest BCUT2D eigenvalue weighted by atomic mass is 35.5. The van der Waals surface area contributed by atoms with E-state index < -0.39 is 0 Å². The van der Waals surface area contributed by atoms with Crippen molar-refractivity contribution in [2.45, 2.75) is 12.7 Å². The predicted molar refractivity (Wildman–Crippen MR) is 57.4 cm³/mol. The summed E-state index contributed by atoms with van der Waals surface area (Å²) in [6.45, 7) is 0. The summed E-state index contributed by atoms with van der Waals surface area (Å²) in [6, 6.07) is 7.71. The van der Waals surface area contributed by atoms with Gasteiger partial charge in [-0.2, -0.15) is 22.9 Å². The molecule has 0 saturated heterocycles. The van der Waals surface area contributed by atoms with E-state index in [1.807, 2.05) is 24.3 Å². The Morgan fingerprint density at radius 2 is 1.67 bits per heavy atom. The Kier molecular flexibility index (Phi) is 4.27. The molecule has 4 heteroatoms. The van der Waals surface area contributed by atoms with Gasteiger partial charge in [0.25, 0.3) is 0 Å². The fourth-order valence-corrected chi connectivity index (χ4v) is 1.27. The minimum absolute atomic E-state index is 0.277. The Labute approximate surface area is 87.7 Å². The second-order valence-electron chi connectivity index (χ2n) is 2.56. The van der Waals surface area contributed by atoms with Crippen LogP contribution in [0.5, 0.6) is 0 Å². The monoisotopic (exact) mass is 220 g/mol. The third-order valence-electron chi connectivity index (χ3n) is 1.56. The predicted octanol–water partition coefficient (Wildman–Crippen LogP) is 3.85. The van der Waals surface area contributed by atoms with Gasteiger partial charge in [-0.3, -0.25) is 0 Å². The lowest BCUT2D eigenvalue weighted by molar-refractivity contribution is 1.13. The largest absolute Gasteiger partial charge is 0.351 e. The molecule has 1 rings (SSSR count). The van der Waals surface area contributed by atoms with Crippen LogP contribution < -0.4 is 0 Å². The van der Waals surface area contributed by atoms with E-state index in [4.69, 9.17) is 34.5 Å². The number of hydrogen-bond donors (Lipinski definition) is 0. The van der Waals surface area contributed by atoms with Crippen LogP contribution in [0.2, 0.25) is 11.3 Å². The maximum Gasteiger partial charge on any atom is 0.351 e. The zero-order chi connectivity index (χ0) is 8.97. The molecule has 0 aliphatic rings. The van der Waals surface area contributed by atoms with E-state index in [1.54, 1.807) is 0 Å². The van der Waals surface area contributed by atoms with E-state index in [1.165, 1.54) is 5.56 Å². The maximum absolute atomic E-state index is 5.72. The highest BCUT2D eigenvalue weighted by Crippen LogP contribution is 2.13. The minimum atomic E-state index is -0.277. The quantitative estimate of drug-likeness (QED) is 0.680. The van der Waals surface area contributed by atoms with Crippen LogP contribution in [0.4, 0.5) is 0 Å². The Hall–Kier alpha value is 0.155. The first-order valence-electron chi connectivity index (χ1n) is 3.71. The van der Waals surface area contributed by atoms with Crippen molar-refractivity contribution in [3.05, 3.63) is 34.9 Å². The van der Waals surface area contributed by atoms with Crippen LogP contribution in [-0.4, -0.2) is 5.54 Å². The van der Waals surface area contributed by atoms with Gasteiger partial charge in [0.2, 0.25) is 0 Å². The molecule has 1 aromatic carbocycles. The molecule has 0 spiro atoms. The van der Waals surface area contributed by atoms with E-state index in [0.29, 0.717) is 0 Å². The lowest BCUT2D eigenvalue weighted by atomic mass is 9.95. The smallest absolute Gasteiger partial charge is 0.172 e. The Morgan fingerprint density at radius 1 is 1.08 bits per heavy atom. The van der Waals surface area contributed by atoms with Gasteiger partial charge in [-0.05, 0) is 30.4 Å². The summed E-state index contributed by atoms with van der Waals surface area (Å²) in [6.07, 6.45) is 1.68. The van der Waals surface area contributed by atoms with E-state index >= 15 is 0 Å². The molecule has 0 radical (unpaired) electrons. The molecule has 1 aromatic rings. The number of benzene rings is 1. The molecule has 0 aromatic heterocycles. The van der Waals surface area contributed by atoms with Gasteiger partial charge in [0.1, 0.15) is 0 Å². The van der Waals surface area contributed by atoms with Gasteiger partial charge < -0.3 is 0 Å². The molecule has 64 valence electrons. The van der Waals surface area contributed by atoms with E-state index in [-0.39, 0.29) is 5.54 Å². The molecule has 0 aliphatic carbocycles. The van der Waals surface area contributed by atoms with Crippen molar-refractivity contribution in [1.82, 2.24) is 0 Å². The average molecular weight is 221 g/mol. The second-order valence-corrected chi connectivity index (χ2v) is 4.27. The van der Waals surface area contributed by atoms with Crippen molar-refractivity contribution in [3.8, 4) is 0 Å². The highest BCUT2D eigenvalue weighted by molar-refractivity contribution is 7.33. The van der Waals surface area contributed by atoms with Crippen LogP contribution in [0, 0.1) is 0 Å². The molecule has 0 N–H and O–H groups in total. The van der Waals surface area contributed by atoms with E-state index in [0.717, 1.165) is 17.8 Å². The third-order valence-corrected chi connectivity index (χ3v) is 2.25. The fraction of sp³-hybridized carbons (Fsp3) is 0.250. The second kappa shape index (κ2) is 5.01. The van der Waals surface area contributed by atoms with Gasteiger partial charge in [0.15, 0.2) is 0 Å². The van der Waals surface area contributed by atoms with Crippen LogP contribution in [0.3, 0.4) is 0 Å². The molecule has 0 nitrogen and oxygen atoms in total. The maximum atomic E-state index is 5.72. The van der Waals surface area contributed by atoms with Crippen molar-refractivity contribution < 1.29 is 0 Å². The van der Waals surface area contributed by atoms with Crippen LogP contribution in [-0.2, 0) is 6.42 Å². The SMILES string of the molecule is ClB(Cl)CCc1ccc(Cl)cc1. The van der Waals surface area contributed by atoms with Crippen molar-refractivity contribution >= 4 is 40.1 Å². The first-order chi connectivity index (χ1) is 5.68. The molecule has 0 atom stereocenters. The van der Waals surface area contributed by atoms with Crippen LogP contribution in [0.15, 0.2) is 24.3 Å². The zero-order valence-corrected chi connectivity index (χ0v) is 8.70. The minimum Gasteiger partial charge on any atom is -0.172 e. The highest BCUT2D eigenvalue weighted by Gasteiger charge is 2.04. The fourth-order valence-electron chi connectivity index (χ4n) is 0.927. The number of halogens is 3. The van der Waals surface area contributed by atoms with Crippen molar-refractivity contribution in [1.29, 1.82) is 0 Å². The molecule has 12 heavy (non-hydrogen) atoms. The molecule has 0 unspecified atom stereocenters. The molecular weight excluding hydrogens is 213 g/mol. The Balaban J connectivity index is 2.48. The topological polar surface area (TPSA) is 0 Å². The lowest BCUT2D eigenvalue weighted by Crippen LogP contribution is -1.94. The summed E-state index contributed by atoms with van der Waals surface area (Å²) >= 11 is 16.9. The molecular formula is C8H8BCl3. The third kappa shape index (κ3) is 3.71. The van der Waals surface area contributed by atoms with Gasteiger partial charge in [0, 0.05) is 5.02 Å². The normalized spacial score (nSPS) is 9.92. The molecule has 0 aliphatic heterocycles. The first kappa shape index (κ1) is 10.2. The summed E-state index contributed by atoms with van der Waals surface area (Å²) < 4.78 is 0. The summed E-state index contributed by atoms with van der Waals surface area (Å²) in [5.74, 6) is 0. The molecule has 0 saturated carbocycles. The van der Waals surface area contributed by atoms with Gasteiger partial charge in [0.05, 0.1) is 0 Å². The van der Waals surface area contributed by atoms with Gasteiger partial charge in [-0.15, -0.1) is 0 Å². The summed E-state index contributed by atoms with van der Waals surface area (Å²) in [7, 11) is 0. The zero-order valence-electron chi connectivity index (χ0n) is 6.43.